The summed E-state index contributed by atoms with van der Waals surface area (Å²) in [7, 11) is 0. The molecule has 1 amide bonds. The standard InChI is InChI=1S/C18H16N4O2/c1-12-7-9-14(10-8-12)11-19-21-18(24)22-13(2)20-16-6-4-3-5-15(16)17(22)23/h3-11H,1-2H3,(H,21,24)/b19-11+. The van der Waals surface area contributed by atoms with Crippen molar-refractivity contribution in [3.8, 4) is 0 Å². The maximum absolute atomic E-state index is 12.5. The molecule has 0 unspecified atom stereocenters. The molecule has 3 aromatic rings. The van der Waals surface area contributed by atoms with Crippen LogP contribution in [0.4, 0.5) is 4.79 Å². The highest BCUT2D eigenvalue weighted by Gasteiger charge is 2.13. The van der Waals surface area contributed by atoms with Gasteiger partial charge in [-0.1, -0.05) is 42.0 Å². The van der Waals surface area contributed by atoms with Gasteiger partial charge in [0.05, 0.1) is 17.1 Å². The molecule has 0 fully saturated rings. The van der Waals surface area contributed by atoms with Crippen molar-refractivity contribution >= 4 is 23.1 Å². The van der Waals surface area contributed by atoms with Crippen LogP contribution < -0.4 is 11.0 Å². The maximum Gasteiger partial charge on any atom is 0.350 e. The van der Waals surface area contributed by atoms with E-state index in [4.69, 9.17) is 0 Å². The van der Waals surface area contributed by atoms with Gasteiger partial charge in [-0.3, -0.25) is 4.79 Å². The molecule has 0 atom stereocenters. The number of nitrogens with zero attached hydrogens (tertiary/aromatic N) is 3. The number of aromatic nitrogens is 2. The summed E-state index contributed by atoms with van der Waals surface area (Å²) in [5.41, 5.74) is 4.50. The minimum atomic E-state index is -0.640. The first-order valence-corrected chi connectivity index (χ1v) is 7.45. The minimum Gasteiger partial charge on any atom is -0.268 e. The first kappa shape index (κ1) is 15.6. The van der Waals surface area contributed by atoms with Gasteiger partial charge < -0.3 is 0 Å². The number of para-hydroxylation sites is 1. The van der Waals surface area contributed by atoms with Crippen molar-refractivity contribution in [2.45, 2.75) is 13.8 Å². The van der Waals surface area contributed by atoms with Gasteiger partial charge in [-0.25, -0.2) is 19.8 Å². The fourth-order valence-electron chi connectivity index (χ4n) is 2.35. The van der Waals surface area contributed by atoms with Gasteiger partial charge in [-0.15, -0.1) is 0 Å². The molecule has 6 heteroatoms. The minimum absolute atomic E-state index is 0.307. The van der Waals surface area contributed by atoms with E-state index in [1.807, 2.05) is 31.2 Å². The highest BCUT2D eigenvalue weighted by atomic mass is 16.2. The molecule has 0 aliphatic heterocycles. The summed E-state index contributed by atoms with van der Waals surface area (Å²) in [6.45, 7) is 3.60. The SMILES string of the molecule is Cc1ccc(/C=N/NC(=O)n2c(C)nc3ccccc3c2=O)cc1. The monoisotopic (exact) mass is 320 g/mol. The number of rotatable bonds is 2. The molecule has 0 bridgehead atoms. The van der Waals surface area contributed by atoms with Crippen molar-refractivity contribution in [2.75, 3.05) is 0 Å². The van der Waals surface area contributed by atoms with Crippen LogP contribution in [0.2, 0.25) is 0 Å². The Kier molecular flexibility index (Phi) is 4.20. The van der Waals surface area contributed by atoms with E-state index < -0.39 is 11.6 Å². The molecule has 0 spiro atoms. The molecule has 24 heavy (non-hydrogen) atoms. The van der Waals surface area contributed by atoms with E-state index in [-0.39, 0.29) is 0 Å². The van der Waals surface area contributed by atoms with Crippen LogP contribution in [0, 0.1) is 13.8 Å². The predicted molar refractivity (Wildman–Crippen MR) is 93.4 cm³/mol. The van der Waals surface area contributed by atoms with Crippen LogP contribution in [-0.4, -0.2) is 21.8 Å². The van der Waals surface area contributed by atoms with Crippen molar-refractivity contribution in [1.29, 1.82) is 0 Å². The molecular formula is C18H16N4O2. The normalized spacial score (nSPS) is 11.1. The molecule has 2 aromatic carbocycles. The Morgan fingerprint density at radius 1 is 1.12 bits per heavy atom. The quantitative estimate of drug-likeness (QED) is 0.582. The fraction of sp³-hybridized carbons (Fsp3) is 0.111. The maximum atomic E-state index is 12.5. The van der Waals surface area contributed by atoms with Crippen molar-refractivity contribution in [3.05, 3.63) is 75.8 Å². The van der Waals surface area contributed by atoms with E-state index in [2.05, 4.69) is 15.5 Å². The average Bonchev–Trinajstić information content (AvgIpc) is 2.57. The molecule has 1 N–H and O–H groups in total. The van der Waals surface area contributed by atoms with E-state index in [9.17, 15) is 9.59 Å². The Labute approximate surface area is 138 Å². The lowest BCUT2D eigenvalue weighted by Gasteiger charge is -2.08. The van der Waals surface area contributed by atoms with E-state index in [1.165, 1.54) is 6.21 Å². The largest absolute Gasteiger partial charge is 0.350 e. The molecule has 0 aliphatic rings. The van der Waals surface area contributed by atoms with Crippen LogP contribution >= 0.6 is 0 Å². The number of aryl methyl sites for hydroxylation is 2. The third-order valence-corrected chi connectivity index (χ3v) is 3.60. The molecule has 3 rings (SSSR count). The van der Waals surface area contributed by atoms with Gasteiger partial charge in [-0.05, 0) is 31.5 Å². The van der Waals surface area contributed by atoms with E-state index in [0.29, 0.717) is 16.7 Å². The first-order valence-electron chi connectivity index (χ1n) is 7.45. The number of benzene rings is 2. The third-order valence-electron chi connectivity index (χ3n) is 3.60. The molecule has 1 heterocycles. The van der Waals surface area contributed by atoms with Crippen molar-refractivity contribution < 1.29 is 4.79 Å². The zero-order valence-corrected chi connectivity index (χ0v) is 13.4. The number of hydrazone groups is 1. The van der Waals surface area contributed by atoms with Gasteiger partial charge in [0.15, 0.2) is 0 Å². The van der Waals surface area contributed by atoms with Crippen LogP contribution in [0.1, 0.15) is 17.0 Å². The van der Waals surface area contributed by atoms with Crippen molar-refractivity contribution in [2.24, 2.45) is 5.10 Å². The Bertz CT molecular complexity index is 988. The lowest BCUT2D eigenvalue weighted by molar-refractivity contribution is 0.241. The summed E-state index contributed by atoms with van der Waals surface area (Å²) in [5, 5.41) is 4.29. The molecule has 0 saturated heterocycles. The second kappa shape index (κ2) is 6.45. The Hall–Kier alpha value is -3.28. The summed E-state index contributed by atoms with van der Waals surface area (Å²) < 4.78 is 0.981. The predicted octanol–water partition coefficient (Wildman–Crippen LogP) is 2.61. The summed E-state index contributed by atoms with van der Waals surface area (Å²) in [4.78, 5) is 29.0. The van der Waals surface area contributed by atoms with E-state index in [0.717, 1.165) is 15.7 Å². The smallest absolute Gasteiger partial charge is 0.268 e. The van der Waals surface area contributed by atoms with Gasteiger partial charge in [0, 0.05) is 0 Å². The number of carbonyl (C=O) groups excluding carboxylic acids is 1. The van der Waals surface area contributed by atoms with Crippen LogP contribution in [0.25, 0.3) is 10.9 Å². The van der Waals surface area contributed by atoms with E-state index in [1.54, 1.807) is 31.2 Å². The zero-order valence-electron chi connectivity index (χ0n) is 13.4. The summed E-state index contributed by atoms with van der Waals surface area (Å²) in [6, 6.07) is 13.9. The molecule has 120 valence electrons. The van der Waals surface area contributed by atoms with Gasteiger partial charge in [0.25, 0.3) is 5.56 Å². The highest BCUT2D eigenvalue weighted by Crippen LogP contribution is 2.07. The molecule has 0 aliphatic carbocycles. The van der Waals surface area contributed by atoms with Gasteiger partial charge in [0.1, 0.15) is 5.82 Å². The fourth-order valence-corrected chi connectivity index (χ4v) is 2.35. The van der Waals surface area contributed by atoms with Crippen LogP contribution in [0.15, 0.2) is 58.4 Å². The summed E-state index contributed by atoms with van der Waals surface area (Å²) in [5.74, 6) is 0.307. The molecule has 1 aromatic heterocycles. The summed E-state index contributed by atoms with van der Waals surface area (Å²) >= 11 is 0. The average molecular weight is 320 g/mol. The number of nitrogens with one attached hydrogen (secondary N) is 1. The Balaban J connectivity index is 1.86. The molecule has 6 nitrogen and oxygen atoms in total. The number of carbonyl (C=O) groups is 1. The van der Waals surface area contributed by atoms with Gasteiger partial charge in [0.2, 0.25) is 0 Å². The number of hydrogen-bond acceptors (Lipinski definition) is 4. The Morgan fingerprint density at radius 2 is 1.83 bits per heavy atom. The topological polar surface area (TPSA) is 76.3 Å². The number of fused-ring (bicyclic) bond motifs is 1. The van der Waals surface area contributed by atoms with Crippen molar-refractivity contribution in [1.82, 2.24) is 15.0 Å². The molecular weight excluding hydrogens is 304 g/mol. The van der Waals surface area contributed by atoms with Crippen LogP contribution in [0.5, 0.6) is 0 Å². The second-order valence-corrected chi connectivity index (χ2v) is 5.40. The number of amides is 1. The highest BCUT2D eigenvalue weighted by molar-refractivity contribution is 5.85. The lowest BCUT2D eigenvalue weighted by Crippen LogP contribution is -2.36. The number of hydrogen-bond donors (Lipinski definition) is 1. The van der Waals surface area contributed by atoms with Gasteiger partial charge in [-0.2, -0.15) is 5.10 Å². The zero-order chi connectivity index (χ0) is 17.1. The van der Waals surface area contributed by atoms with Gasteiger partial charge >= 0.3 is 6.03 Å². The second-order valence-electron chi connectivity index (χ2n) is 5.40. The molecule has 0 radical (unpaired) electrons. The molecule has 0 saturated carbocycles. The summed E-state index contributed by atoms with van der Waals surface area (Å²) in [6.07, 6.45) is 1.52. The van der Waals surface area contributed by atoms with Crippen LogP contribution in [0.3, 0.4) is 0 Å². The lowest BCUT2D eigenvalue weighted by atomic mass is 10.2. The van der Waals surface area contributed by atoms with E-state index >= 15 is 0 Å². The van der Waals surface area contributed by atoms with Crippen molar-refractivity contribution in [3.63, 3.8) is 0 Å². The first-order chi connectivity index (χ1) is 11.6. The van der Waals surface area contributed by atoms with Crippen LogP contribution in [-0.2, 0) is 0 Å². The third kappa shape index (κ3) is 3.08. The Morgan fingerprint density at radius 3 is 2.58 bits per heavy atom.